The fourth-order valence-electron chi connectivity index (χ4n) is 0.676. The van der Waals surface area contributed by atoms with Crippen molar-refractivity contribution in [1.82, 2.24) is 5.32 Å². The van der Waals surface area contributed by atoms with Crippen LogP contribution in [-0.4, -0.2) is 13.1 Å². The van der Waals surface area contributed by atoms with Gasteiger partial charge in [0, 0.05) is 6.54 Å². The molecule has 0 aromatic carbocycles. The first-order valence-corrected chi connectivity index (χ1v) is 4.02. The molecule has 1 unspecified atom stereocenters. The van der Waals surface area contributed by atoms with E-state index >= 15 is 0 Å². The van der Waals surface area contributed by atoms with Gasteiger partial charge < -0.3 is 5.32 Å². The van der Waals surface area contributed by atoms with Crippen LogP contribution < -0.4 is 5.32 Å². The number of nitrogens with one attached hydrogen (secondary N) is 1. The highest BCUT2D eigenvalue weighted by molar-refractivity contribution is 4.90. The summed E-state index contributed by atoms with van der Waals surface area (Å²) in [6.07, 6.45) is 1.25. The summed E-state index contributed by atoms with van der Waals surface area (Å²) in [5.74, 6) is 0.791. The van der Waals surface area contributed by atoms with Crippen LogP contribution in [0, 0.1) is 5.92 Å². The normalized spacial score (nSPS) is 13.1. The van der Waals surface area contributed by atoms with Gasteiger partial charge in [0.1, 0.15) is 0 Å². The molecule has 1 atom stereocenters. The van der Waals surface area contributed by atoms with Gasteiger partial charge >= 0.3 is 0 Å². The summed E-state index contributed by atoms with van der Waals surface area (Å²) in [5.41, 5.74) is 1.21. The number of hydrogen-bond donors (Lipinski definition) is 1. The Morgan fingerprint density at radius 3 is 2.60 bits per heavy atom. The number of hydrogen-bond acceptors (Lipinski definition) is 1. The van der Waals surface area contributed by atoms with Gasteiger partial charge in [-0.05, 0) is 19.4 Å². The van der Waals surface area contributed by atoms with E-state index in [0.717, 1.165) is 19.0 Å². The third-order valence-corrected chi connectivity index (χ3v) is 1.62. The lowest BCUT2D eigenvalue weighted by Crippen LogP contribution is -2.22. The van der Waals surface area contributed by atoms with Crippen molar-refractivity contribution in [3.63, 3.8) is 0 Å². The maximum Gasteiger partial charge on any atom is 0.0159 e. The molecule has 0 rings (SSSR count). The predicted molar refractivity (Wildman–Crippen MR) is 47.1 cm³/mol. The summed E-state index contributed by atoms with van der Waals surface area (Å²) in [7, 11) is 0. The zero-order valence-electron chi connectivity index (χ0n) is 7.41. The van der Waals surface area contributed by atoms with E-state index in [0.29, 0.717) is 0 Å². The molecule has 1 heteroatoms. The van der Waals surface area contributed by atoms with Crippen LogP contribution in [0.1, 0.15) is 27.2 Å². The molecule has 10 heavy (non-hydrogen) atoms. The maximum atomic E-state index is 3.82. The first-order valence-electron chi connectivity index (χ1n) is 4.02. The van der Waals surface area contributed by atoms with Gasteiger partial charge in [0.15, 0.2) is 0 Å². The minimum absolute atomic E-state index is 0.791. The molecular formula is C9H19N. The zero-order chi connectivity index (χ0) is 7.98. The molecule has 1 N–H and O–H groups in total. The van der Waals surface area contributed by atoms with E-state index in [4.69, 9.17) is 0 Å². The van der Waals surface area contributed by atoms with Crippen molar-refractivity contribution in [2.24, 2.45) is 5.92 Å². The van der Waals surface area contributed by atoms with Crippen LogP contribution in [-0.2, 0) is 0 Å². The number of rotatable bonds is 5. The Labute approximate surface area is 64.5 Å². The second-order valence-corrected chi connectivity index (χ2v) is 3.10. The molecule has 0 radical (unpaired) electrons. The second-order valence-electron chi connectivity index (χ2n) is 3.10. The Morgan fingerprint density at radius 2 is 2.20 bits per heavy atom. The molecule has 0 aromatic heterocycles. The summed E-state index contributed by atoms with van der Waals surface area (Å²) in [5, 5.41) is 3.34. The van der Waals surface area contributed by atoms with Gasteiger partial charge in [-0.25, -0.2) is 0 Å². The largest absolute Gasteiger partial charge is 0.313 e. The lowest BCUT2D eigenvalue weighted by Gasteiger charge is -2.08. The quantitative estimate of drug-likeness (QED) is 0.579. The molecule has 1 nitrogen and oxygen atoms in total. The van der Waals surface area contributed by atoms with Gasteiger partial charge in [-0.3, -0.25) is 0 Å². The van der Waals surface area contributed by atoms with Gasteiger partial charge in [0.2, 0.25) is 0 Å². The summed E-state index contributed by atoms with van der Waals surface area (Å²) in [6, 6.07) is 0. The van der Waals surface area contributed by atoms with Crippen LogP contribution in [0.15, 0.2) is 12.2 Å². The molecule has 0 aliphatic carbocycles. The summed E-state index contributed by atoms with van der Waals surface area (Å²) in [4.78, 5) is 0. The molecule has 0 aliphatic rings. The summed E-state index contributed by atoms with van der Waals surface area (Å²) >= 11 is 0. The van der Waals surface area contributed by atoms with E-state index < -0.39 is 0 Å². The van der Waals surface area contributed by atoms with E-state index in [9.17, 15) is 0 Å². The molecule has 0 amide bonds. The van der Waals surface area contributed by atoms with Crippen molar-refractivity contribution in [2.45, 2.75) is 27.2 Å². The average Bonchev–Trinajstić information content (AvgIpc) is 1.87. The molecule has 0 fully saturated rings. The minimum atomic E-state index is 0.791. The highest BCUT2D eigenvalue weighted by atomic mass is 14.8. The fourth-order valence-corrected chi connectivity index (χ4v) is 0.676. The van der Waals surface area contributed by atoms with Gasteiger partial charge in [0.25, 0.3) is 0 Å². The highest BCUT2D eigenvalue weighted by Crippen LogP contribution is 1.97. The van der Waals surface area contributed by atoms with Gasteiger partial charge in [-0.1, -0.05) is 32.4 Å². The van der Waals surface area contributed by atoms with Crippen LogP contribution in [0.5, 0.6) is 0 Å². The highest BCUT2D eigenvalue weighted by Gasteiger charge is 1.95. The van der Waals surface area contributed by atoms with Gasteiger partial charge in [-0.2, -0.15) is 0 Å². The molecule has 0 heterocycles. The van der Waals surface area contributed by atoms with Crippen molar-refractivity contribution in [3.8, 4) is 0 Å². The standard InChI is InChI=1S/C9H19N/c1-5-9(4)7-10-6-8(2)3/h9-10H,2,5-7H2,1,3-4H3. The average molecular weight is 141 g/mol. The Hall–Kier alpha value is -0.300. The maximum absolute atomic E-state index is 3.82. The first-order chi connectivity index (χ1) is 4.66. The van der Waals surface area contributed by atoms with Crippen LogP contribution in [0.3, 0.4) is 0 Å². The molecule has 0 spiro atoms. The molecule has 0 bridgehead atoms. The van der Waals surface area contributed by atoms with E-state index in [-0.39, 0.29) is 0 Å². The predicted octanol–water partition coefficient (Wildman–Crippen LogP) is 2.20. The summed E-state index contributed by atoms with van der Waals surface area (Å²) < 4.78 is 0. The molecule has 60 valence electrons. The lowest BCUT2D eigenvalue weighted by atomic mass is 10.1. The van der Waals surface area contributed by atoms with Gasteiger partial charge in [0.05, 0.1) is 0 Å². The molecule has 0 saturated heterocycles. The van der Waals surface area contributed by atoms with Crippen LogP contribution in [0.2, 0.25) is 0 Å². The molecule has 0 aromatic rings. The Balaban J connectivity index is 3.11. The first kappa shape index (κ1) is 9.70. The SMILES string of the molecule is C=C(C)CNCC(C)CC. The topological polar surface area (TPSA) is 12.0 Å². The summed E-state index contributed by atoms with van der Waals surface area (Å²) in [6.45, 7) is 12.4. The van der Waals surface area contributed by atoms with Crippen LogP contribution >= 0.6 is 0 Å². The van der Waals surface area contributed by atoms with Crippen molar-refractivity contribution in [2.75, 3.05) is 13.1 Å². The monoisotopic (exact) mass is 141 g/mol. The van der Waals surface area contributed by atoms with Crippen LogP contribution in [0.4, 0.5) is 0 Å². The Bertz CT molecular complexity index is 96.9. The molecule has 0 aliphatic heterocycles. The zero-order valence-corrected chi connectivity index (χ0v) is 7.41. The van der Waals surface area contributed by atoms with E-state index in [1.54, 1.807) is 0 Å². The third-order valence-electron chi connectivity index (χ3n) is 1.62. The minimum Gasteiger partial charge on any atom is -0.313 e. The van der Waals surface area contributed by atoms with Crippen molar-refractivity contribution >= 4 is 0 Å². The van der Waals surface area contributed by atoms with E-state index in [1.165, 1.54) is 12.0 Å². The van der Waals surface area contributed by atoms with Crippen molar-refractivity contribution in [3.05, 3.63) is 12.2 Å². The van der Waals surface area contributed by atoms with Crippen molar-refractivity contribution < 1.29 is 0 Å². The fraction of sp³-hybridized carbons (Fsp3) is 0.778. The lowest BCUT2D eigenvalue weighted by molar-refractivity contribution is 0.513. The second kappa shape index (κ2) is 5.48. The van der Waals surface area contributed by atoms with Crippen molar-refractivity contribution in [1.29, 1.82) is 0 Å². The Kier molecular flexibility index (Phi) is 5.32. The third kappa shape index (κ3) is 5.83. The van der Waals surface area contributed by atoms with Gasteiger partial charge in [-0.15, -0.1) is 0 Å². The van der Waals surface area contributed by atoms with E-state index in [2.05, 4.69) is 25.7 Å². The molecule has 0 saturated carbocycles. The van der Waals surface area contributed by atoms with Crippen LogP contribution in [0.25, 0.3) is 0 Å². The Morgan fingerprint density at radius 1 is 1.60 bits per heavy atom. The molecular weight excluding hydrogens is 122 g/mol. The smallest absolute Gasteiger partial charge is 0.0159 e. The van der Waals surface area contributed by atoms with E-state index in [1.807, 2.05) is 6.92 Å².